The SMILES string of the molecule is CC(=O)NCCC#Cc1ccc(C#N)c(OCc2ccccc2)c1. The van der Waals surface area contributed by atoms with E-state index in [1.54, 1.807) is 18.2 Å². The molecule has 0 aliphatic rings. The second-order valence-electron chi connectivity index (χ2n) is 5.13. The first kappa shape index (κ1) is 17.1. The molecule has 0 aromatic heterocycles. The lowest BCUT2D eigenvalue weighted by Crippen LogP contribution is -2.20. The van der Waals surface area contributed by atoms with Crippen molar-refractivity contribution in [2.75, 3.05) is 6.54 Å². The van der Waals surface area contributed by atoms with Gasteiger partial charge in [0.05, 0.1) is 5.56 Å². The van der Waals surface area contributed by atoms with Crippen molar-refractivity contribution in [1.29, 1.82) is 5.26 Å². The molecule has 1 N–H and O–H groups in total. The molecule has 4 nitrogen and oxygen atoms in total. The van der Waals surface area contributed by atoms with Crippen LogP contribution in [-0.4, -0.2) is 12.5 Å². The highest BCUT2D eigenvalue weighted by Gasteiger charge is 2.04. The van der Waals surface area contributed by atoms with Crippen LogP contribution in [0.5, 0.6) is 5.75 Å². The fraction of sp³-hybridized carbons (Fsp3) is 0.200. The average Bonchev–Trinajstić information content (AvgIpc) is 2.60. The summed E-state index contributed by atoms with van der Waals surface area (Å²) in [5, 5.41) is 11.9. The van der Waals surface area contributed by atoms with Crippen LogP contribution in [0.3, 0.4) is 0 Å². The van der Waals surface area contributed by atoms with Gasteiger partial charge in [-0.15, -0.1) is 0 Å². The normalized spacial score (nSPS) is 9.33. The van der Waals surface area contributed by atoms with Crippen molar-refractivity contribution in [3.8, 4) is 23.7 Å². The van der Waals surface area contributed by atoms with E-state index in [0.29, 0.717) is 30.9 Å². The molecule has 0 aliphatic carbocycles. The molecule has 0 aliphatic heterocycles. The molecule has 2 rings (SSSR count). The van der Waals surface area contributed by atoms with Crippen LogP contribution in [0, 0.1) is 23.2 Å². The Morgan fingerprint density at radius 2 is 2.00 bits per heavy atom. The highest BCUT2D eigenvalue weighted by Crippen LogP contribution is 2.20. The first-order valence-corrected chi connectivity index (χ1v) is 7.63. The third-order valence-corrected chi connectivity index (χ3v) is 3.20. The van der Waals surface area contributed by atoms with Gasteiger partial charge in [0.1, 0.15) is 18.4 Å². The molecule has 0 spiro atoms. The van der Waals surface area contributed by atoms with Gasteiger partial charge in [-0.25, -0.2) is 0 Å². The summed E-state index contributed by atoms with van der Waals surface area (Å²) in [7, 11) is 0. The first-order valence-electron chi connectivity index (χ1n) is 7.63. The highest BCUT2D eigenvalue weighted by molar-refractivity contribution is 5.72. The number of benzene rings is 2. The molecule has 0 atom stereocenters. The van der Waals surface area contributed by atoms with Gasteiger partial charge >= 0.3 is 0 Å². The monoisotopic (exact) mass is 318 g/mol. The number of nitrogens with zero attached hydrogens (tertiary/aromatic N) is 1. The number of carbonyl (C=O) groups is 1. The molecule has 120 valence electrons. The van der Waals surface area contributed by atoms with Crippen molar-refractivity contribution in [2.24, 2.45) is 0 Å². The Morgan fingerprint density at radius 1 is 1.21 bits per heavy atom. The second kappa shape index (κ2) is 9.02. The van der Waals surface area contributed by atoms with Crippen molar-refractivity contribution in [1.82, 2.24) is 5.32 Å². The van der Waals surface area contributed by atoms with Crippen LogP contribution in [0.2, 0.25) is 0 Å². The van der Waals surface area contributed by atoms with Crippen LogP contribution in [0.25, 0.3) is 0 Å². The quantitative estimate of drug-likeness (QED) is 0.681. The molecule has 2 aromatic carbocycles. The fourth-order valence-electron chi connectivity index (χ4n) is 2.01. The maximum Gasteiger partial charge on any atom is 0.216 e. The third-order valence-electron chi connectivity index (χ3n) is 3.20. The standard InChI is InChI=1S/C20H18N2O2/c1-16(23)22-12-6-5-7-17-10-11-19(14-21)20(13-17)24-15-18-8-3-2-4-9-18/h2-4,8-11,13H,6,12,15H2,1H3,(H,22,23). The Balaban J connectivity index is 2.03. The molecule has 24 heavy (non-hydrogen) atoms. The summed E-state index contributed by atoms with van der Waals surface area (Å²) in [5.74, 6) is 6.47. The molecule has 0 fully saturated rings. The Morgan fingerprint density at radius 3 is 2.71 bits per heavy atom. The molecule has 0 saturated carbocycles. The van der Waals surface area contributed by atoms with Crippen LogP contribution in [0.15, 0.2) is 48.5 Å². The van der Waals surface area contributed by atoms with Gasteiger partial charge in [0.25, 0.3) is 0 Å². The zero-order valence-electron chi connectivity index (χ0n) is 13.5. The molecule has 0 unspecified atom stereocenters. The molecule has 1 amide bonds. The molecule has 4 heteroatoms. The zero-order chi connectivity index (χ0) is 17.2. The number of rotatable bonds is 5. The molecule has 0 saturated heterocycles. The van der Waals surface area contributed by atoms with Gasteiger partial charge in [0, 0.05) is 25.5 Å². The van der Waals surface area contributed by atoms with Crippen LogP contribution in [0.4, 0.5) is 0 Å². The molecule has 0 radical (unpaired) electrons. The Kier molecular flexibility index (Phi) is 6.44. The molecular formula is C20H18N2O2. The maximum absolute atomic E-state index is 10.8. The van der Waals surface area contributed by atoms with E-state index in [4.69, 9.17) is 4.74 Å². The van der Waals surface area contributed by atoms with Gasteiger partial charge in [-0.2, -0.15) is 5.26 Å². The molecule has 2 aromatic rings. The number of carbonyl (C=O) groups excluding carboxylic acids is 1. The van der Waals surface area contributed by atoms with E-state index in [2.05, 4.69) is 23.2 Å². The average molecular weight is 318 g/mol. The van der Waals surface area contributed by atoms with Gasteiger partial charge in [-0.3, -0.25) is 4.79 Å². The topological polar surface area (TPSA) is 62.1 Å². The van der Waals surface area contributed by atoms with Crippen LogP contribution >= 0.6 is 0 Å². The number of nitriles is 1. The van der Waals surface area contributed by atoms with Gasteiger partial charge < -0.3 is 10.1 Å². The molecule has 0 bridgehead atoms. The van der Waals surface area contributed by atoms with Gasteiger partial charge in [0.2, 0.25) is 5.91 Å². The summed E-state index contributed by atoms with van der Waals surface area (Å²) in [6.45, 7) is 2.40. The summed E-state index contributed by atoms with van der Waals surface area (Å²) in [6, 6.07) is 17.2. The minimum absolute atomic E-state index is 0.0632. The zero-order valence-corrected chi connectivity index (χ0v) is 13.5. The van der Waals surface area contributed by atoms with Crippen molar-refractivity contribution < 1.29 is 9.53 Å². The van der Waals surface area contributed by atoms with Gasteiger partial charge in [-0.05, 0) is 23.8 Å². The Hall–Kier alpha value is -3.24. The van der Waals surface area contributed by atoms with E-state index >= 15 is 0 Å². The number of hydrogen-bond acceptors (Lipinski definition) is 3. The largest absolute Gasteiger partial charge is 0.487 e. The van der Waals surface area contributed by atoms with E-state index in [0.717, 1.165) is 11.1 Å². The van der Waals surface area contributed by atoms with Crippen LogP contribution in [-0.2, 0) is 11.4 Å². The molecule has 0 heterocycles. The van der Waals surface area contributed by atoms with Crippen LogP contribution < -0.4 is 10.1 Å². The molecular weight excluding hydrogens is 300 g/mol. The lowest BCUT2D eigenvalue weighted by atomic mass is 10.1. The van der Waals surface area contributed by atoms with Crippen LogP contribution in [0.1, 0.15) is 30.0 Å². The third kappa shape index (κ3) is 5.51. The summed E-state index contributed by atoms with van der Waals surface area (Å²) < 4.78 is 5.77. The number of hydrogen-bond donors (Lipinski definition) is 1. The van der Waals surface area contributed by atoms with E-state index in [9.17, 15) is 10.1 Å². The predicted octanol–water partition coefficient (Wildman–Crippen LogP) is 3.01. The fourth-order valence-corrected chi connectivity index (χ4v) is 2.01. The number of ether oxygens (including phenoxy) is 1. The van der Waals surface area contributed by atoms with Gasteiger partial charge in [-0.1, -0.05) is 42.2 Å². The summed E-state index contributed by atoms with van der Waals surface area (Å²) >= 11 is 0. The number of nitrogens with one attached hydrogen (secondary N) is 1. The van der Waals surface area contributed by atoms with Gasteiger partial charge in [0.15, 0.2) is 0 Å². The summed E-state index contributed by atoms with van der Waals surface area (Å²) in [5.41, 5.74) is 2.29. The first-order chi connectivity index (χ1) is 11.7. The van der Waals surface area contributed by atoms with Crippen molar-refractivity contribution in [3.05, 3.63) is 65.2 Å². The smallest absolute Gasteiger partial charge is 0.216 e. The minimum Gasteiger partial charge on any atom is -0.487 e. The van der Waals surface area contributed by atoms with E-state index in [-0.39, 0.29) is 5.91 Å². The van der Waals surface area contributed by atoms with E-state index in [1.807, 2.05) is 30.3 Å². The Bertz CT molecular complexity index is 796. The van der Waals surface area contributed by atoms with E-state index in [1.165, 1.54) is 6.92 Å². The minimum atomic E-state index is -0.0632. The van der Waals surface area contributed by atoms with Crippen molar-refractivity contribution in [2.45, 2.75) is 20.0 Å². The summed E-state index contributed by atoms with van der Waals surface area (Å²) in [4.78, 5) is 10.8. The van der Waals surface area contributed by atoms with E-state index < -0.39 is 0 Å². The predicted molar refractivity (Wildman–Crippen MR) is 92.1 cm³/mol. The van der Waals surface area contributed by atoms with Crippen molar-refractivity contribution >= 4 is 5.91 Å². The second-order valence-corrected chi connectivity index (χ2v) is 5.13. The lowest BCUT2D eigenvalue weighted by Gasteiger charge is -2.08. The highest BCUT2D eigenvalue weighted by atomic mass is 16.5. The Labute approximate surface area is 142 Å². The maximum atomic E-state index is 10.8. The lowest BCUT2D eigenvalue weighted by molar-refractivity contribution is -0.118. The summed E-state index contributed by atoms with van der Waals surface area (Å²) in [6.07, 6.45) is 0.569. The number of amides is 1. The van der Waals surface area contributed by atoms with Crippen molar-refractivity contribution in [3.63, 3.8) is 0 Å².